The van der Waals surface area contributed by atoms with Crippen molar-refractivity contribution in [1.82, 2.24) is 10.6 Å². The zero-order chi connectivity index (χ0) is 33.0. The van der Waals surface area contributed by atoms with Gasteiger partial charge in [0.25, 0.3) is 0 Å². The van der Waals surface area contributed by atoms with Crippen molar-refractivity contribution in [3.05, 3.63) is 0 Å². The first kappa shape index (κ1) is 45.3. The molecular weight excluding hydrogens is 565 g/mol. The summed E-state index contributed by atoms with van der Waals surface area (Å²) in [5.74, 6) is 0.885. The molecule has 0 saturated heterocycles. The smallest absolute Gasteiger partial charge is 0.334 e. The highest BCUT2D eigenvalue weighted by molar-refractivity contribution is 6.66. The van der Waals surface area contributed by atoms with E-state index < -0.39 is 17.1 Å². The lowest BCUT2D eigenvalue weighted by Gasteiger charge is -2.25. The molecule has 0 aliphatic heterocycles. The van der Waals surface area contributed by atoms with Crippen LogP contribution in [0.25, 0.3) is 0 Å². The van der Waals surface area contributed by atoms with Crippen LogP contribution in [0.5, 0.6) is 0 Å². The monoisotopic (exact) mass is 634 g/mol. The van der Waals surface area contributed by atoms with E-state index >= 15 is 0 Å². The molecule has 0 atom stereocenters. The molecule has 0 spiro atoms. The standard InChI is InChI=1S/C15H35N3O2Si.C8H21NO2Si.C7H14N2/c1-8-19-21(7,20-9-2)12-10-11-16-15(17-13(3)4)18-14(5)6;1-4-10-12(3,11-5-2)8-6-7-9;1-6(2)8-5-9-7(3)4/h13-14H,8-12H2,1-7H3,(H2,16,17,18);4-9H2,1-3H3;6-7H,1-4H3. The van der Waals surface area contributed by atoms with Gasteiger partial charge in [-0.05, 0) is 128 Å². The Morgan fingerprint density at radius 3 is 1.31 bits per heavy atom. The average Bonchev–Trinajstić information content (AvgIpc) is 2.86. The maximum Gasteiger partial charge on any atom is 0.334 e. The predicted molar refractivity (Wildman–Crippen MR) is 187 cm³/mol. The second-order valence-corrected chi connectivity index (χ2v) is 18.1. The van der Waals surface area contributed by atoms with Crippen LogP contribution in [0.15, 0.2) is 15.0 Å². The molecule has 0 radical (unpaired) electrons. The van der Waals surface area contributed by atoms with Crippen LogP contribution in [-0.2, 0) is 17.7 Å². The Bertz CT molecular complexity index is 667. The Hall–Kier alpha value is -1.12. The molecule has 0 saturated carbocycles. The summed E-state index contributed by atoms with van der Waals surface area (Å²) < 4.78 is 23.0. The molecule has 0 aromatic rings. The lowest BCUT2D eigenvalue weighted by Crippen LogP contribution is -2.44. The molecule has 0 rings (SSSR count). The molecule has 0 amide bonds. The van der Waals surface area contributed by atoms with Gasteiger partial charge in [0.2, 0.25) is 0 Å². The van der Waals surface area contributed by atoms with Gasteiger partial charge in [0.15, 0.2) is 5.96 Å². The second kappa shape index (κ2) is 28.6. The van der Waals surface area contributed by atoms with Gasteiger partial charge >= 0.3 is 17.1 Å². The van der Waals surface area contributed by atoms with Gasteiger partial charge in [-0.25, -0.2) is 9.98 Å². The van der Waals surface area contributed by atoms with Crippen LogP contribution < -0.4 is 16.4 Å². The SMILES string of the molecule is CC(C)N=C=NC(C)C.CCO[Si](C)(CCCN)OCC.CCO[Si](C)(CCCN=C(NC(C)C)NC(C)C)OCC. The van der Waals surface area contributed by atoms with E-state index in [1.807, 2.05) is 55.4 Å². The minimum absolute atomic E-state index is 0.312. The maximum absolute atomic E-state index is 5.84. The van der Waals surface area contributed by atoms with Crippen LogP contribution in [0, 0.1) is 0 Å². The van der Waals surface area contributed by atoms with Gasteiger partial charge in [-0.15, -0.1) is 0 Å². The Morgan fingerprint density at radius 2 is 1.02 bits per heavy atom. The number of nitrogens with one attached hydrogen (secondary N) is 2. The molecule has 0 aromatic heterocycles. The first-order chi connectivity index (χ1) is 19.6. The Morgan fingerprint density at radius 1 is 0.667 bits per heavy atom. The highest BCUT2D eigenvalue weighted by Crippen LogP contribution is 2.16. The molecule has 0 aromatic carbocycles. The van der Waals surface area contributed by atoms with Gasteiger partial charge in [-0.3, -0.25) is 4.99 Å². The zero-order valence-electron chi connectivity index (χ0n) is 29.9. The predicted octanol–water partition coefficient (Wildman–Crippen LogP) is 6.33. The number of nitrogens with two attached hydrogens (primary N) is 1. The van der Waals surface area contributed by atoms with Gasteiger partial charge in [0, 0.05) is 45.1 Å². The lowest BCUT2D eigenvalue weighted by atomic mass is 10.4. The molecular formula is C30H70N6O4Si2. The molecule has 0 unspecified atom stereocenters. The van der Waals surface area contributed by atoms with Gasteiger partial charge in [-0.2, -0.15) is 0 Å². The van der Waals surface area contributed by atoms with Crippen LogP contribution in [0.4, 0.5) is 0 Å². The molecule has 0 heterocycles. The quantitative estimate of drug-likeness (QED) is 0.0656. The molecule has 0 bridgehead atoms. The summed E-state index contributed by atoms with van der Waals surface area (Å²) in [6.45, 7) is 33.2. The molecule has 4 N–H and O–H groups in total. The molecule has 0 fully saturated rings. The van der Waals surface area contributed by atoms with E-state index in [4.69, 9.17) is 23.4 Å². The first-order valence-corrected chi connectivity index (χ1v) is 21.2. The Kier molecular flexibility index (Phi) is 30.9. The molecule has 12 heteroatoms. The van der Waals surface area contributed by atoms with Crippen molar-refractivity contribution < 1.29 is 17.7 Å². The molecule has 42 heavy (non-hydrogen) atoms. The fraction of sp³-hybridized carbons (Fsp3) is 0.933. The Labute approximate surface area is 262 Å². The third-order valence-corrected chi connectivity index (χ3v) is 11.3. The Balaban J connectivity index is -0.000000609. The summed E-state index contributed by atoms with van der Waals surface area (Å²) in [6, 6.07) is 6.00. The summed E-state index contributed by atoms with van der Waals surface area (Å²) in [7, 11) is -3.85. The summed E-state index contributed by atoms with van der Waals surface area (Å²) in [4.78, 5) is 12.5. The van der Waals surface area contributed by atoms with Crippen LogP contribution in [0.2, 0.25) is 25.2 Å². The highest BCUT2D eigenvalue weighted by atomic mass is 28.4. The van der Waals surface area contributed by atoms with Crippen molar-refractivity contribution in [1.29, 1.82) is 0 Å². The van der Waals surface area contributed by atoms with Gasteiger partial charge < -0.3 is 34.1 Å². The minimum atomic E-state index is -2.00. The van der Waals surface area contributed by atoms with Gasteiger partial charge in [-0.1, -0.05) is 0 Å². The number of guanidine groups is 1. The van der Waals surface area contributed by atoms with Crippen LogP contribution in [0.1, 0.15) is 95.9 Å². The normalized spacial score (nSPS) is 11.4. The van der Waals surface area contributed by atoms with Crippen molar-refractivity contribution in [2.24, 2.45) is 20.7 Å². The lowest BCUT2D eigenvalue weighted by molar-refractivity contribution is 0.188. The van der Waals surface area contributed by atoms with E-state index in [9.17, 15) is 0 Å². The van der Waals surface area contributed by atoms with E-state index in [0.717, 1.165) is 70.4 Å². The fourth-order valence-electron chi connectivity index (χ4n) is 3.55. The van der Waals surface area contributed by atoms with Gasteiger partial charge in [0.1, 0.15) is 0 Å². The van der Waals surface area contributed by atoms with Crippen molar-refractivity contribution in [2.75, 3.05) is 39.5 Å². The zero-order valence-corrected chi connectivity index (χ0v) is 31.9. The first-order valence-electron chi connectivity index (χ1n) is 16.1. The molecule has 0 aliphatic carbocycles. The highest BCUT2D eigenvalue weighted by Gasteiger charge is 2.30. The topological polar surface area (TPSA) is 124 Å². The summed E-state index contributed by atoms with van der Waals surface area (Å²) >= 11 is 0. The summed E-state index contributed by atoms with van der Waals surface area (Å²) in [6.07, 6.45) is 1.99. The molecule has 252 valence electrons. The van der Waals surface area contributed by atoms with E-state index in [-0.39, 0.29) is 0 Å². The van der Waals surface area contributed by atoms with Crippen molar-refractivity contribution in [3.63, 3.8) is 0 Å². The molecule has 10 nitrogen and oxygen atoms in total. The third-order valence-electron chi connectivity index (χ3n) is 5.18. The van der Waals surface area contributed by atoms with E-state index in [1.165, 1.54) is 0 Å². The van der Waals surface area contributed by atoms with Crippen LogP contribution in [-0.4, -0.2) is 92.8 Å². The maximum atomic E-state index is 5.84. The number of nitrogens with zero attached hydrogens (tertiary/aromatic N) is 3. The van der Waals surface area contributed by atoms with Crippen molar-refractivity contribution in [3.8, 4) is 0 Å². The van der Waals surface area contributed by atoms with Crippen LogP contribution in [0.3, 0.4) is 0 Å². The average molecular weight is 635 g/mol. The van der Waals surface area contributed by atoms with Gasteiger partial charge in [0.05, 0.1) is 18.1 Å². The number of hydrogen-bond acceptors (Lipinski definition) is 8. The summed E-state index contributed by atoms with van der Waals surface area (Å²) in [5.41, 5.74) is 5.44. The largest absolute Gasteiger partial charge is 0.395 e. The van der Waals surface area contributed by atoms with Crippen molar-refractivity contribution >= 4 is 29.1 Å². The number of rotatable bonds is 19. The minimum Gasteiger partial charge on any atom is -0.395 e. The van der Waals surface area contributed by atoms with E-state index in [1.54, 1.807) is 0 Å². The van der Waals surface area contributed by atoms with E-state index in [2.05, 4.69) is 72.4 Å². The molecule has 0 aliphatic rings. The fourth-order valence-corrected chi connectivity index (χ4v) is 8.38. The van der Waals surface area contributed by atoms with Crippen molar-refractivity contribution in [2.45, 2.75) is 145 Å². The number of aliphatic imine (C=N–C) groups is 3. The van der Waals surface area contributed by atoms with E-state index in [0.29, 0.717) is 24.2 Å². The third kappa shape index (κ3) is 31.8. The number of hydrogen-bond donors (Lipinski definition) is 3. The second-order valence-electron chi connectivity index (χ2n) is 11.4. The summed E-state index contributed by atoms with van der Waals surface area (Å²) in [5, 5.41) is 6.69. The van der Waals surface area contributed by atoms with Crippen LogP contribution >= 0.6 is 0 Å².